The van der Waals surface area contributed by atoms with Gasteiger partial charge in [-0.15, -0.1) is 0 Å². The van der Waals surface area contributed by atoms with Crippen LogP contribution in [0.25, 0.3) is 0 Å². The Morgan fingerprint density at radius 2 is 1.79 bits per heavy atom. The van der Waals surface area contributed by atoms with E-state index in [4.69, 9.17) is 18.6 Å². The van der Waals surface area contributed by atoms with E-state index < -0.39 is 5.91 Å². The Hall–Kier alpha value is -3.83. The lowest BCUT2D eigenvalue weighted by molar-refractivity contribution is 0.0990. The summed E-state index contributed by atoms with van der Waals surface area (Å²) in [6, 6.07) is 7.47. The number of hydrogen-bond acceptors (Lipinski definition) is 10. The van der Waals surface area contributed by atoms with Gasteiger partial charge in [0.1, 0.15) is 5.75 Å². The maximum atomic E-state index is 13.1. The molecule has 0 atom stereocenters. The number of nitrogens with one attached hydrogen (secondary N) is 2. The Bertz CT molecular complexity index is 1390. The highest BCUT2D eigenvalue weighted by molar-refractivity contribution is 6.03. The maximum absolute atomic E-state index is 13.1. The van der Waals surface area contributed by atoms with Crippen LogP contribution in [0.4, 0.5) is 11.6 Å². The van der Waals surface area contributed by atoms with E-state index in [9.17, 15) is 4.79 Å². The molecule has 1 aliphatic heterocycles. The minimum Gasteiger partial charge on any atom is -0.479 e. The molecule has 1 aromatic carbocycles. The first-order chi connectivity index (χ1) is 20.2. The topological polar surface area (TPSA) is 114 Å². The molecule has 2 N–H and O–H groups in total. The Morgan fingerprint density at radius 1 is 1.07 bits per heavy atom. The second-order valence-corrected chi connectivity index (χ2v) is 11.7. The van der Waals surface area contributed by atoms with E-state index in [1.54, 1.807) is 12.1 Å². The molecule has 3 aromatic rings. The smallest absolute Gasteiger partial charge is 0.291 e. The summed E-state index contributed by atoms with van der Waals surface area (Å²) in [5.41, 5.74) is 3.99. The van der Waals surface area contributed by atoms with Crippen molar-refractivity contribution in [2.45, 2.75) is 45.4 Å². The Morgan fingerprint density at radius 3 is 2.48 bits per heavy atom. The third-order valence-corrected chi connectivity index (χ3v) is 8.16. The molecule has 42 heavy (non-hydrogen) atoms. The van der Waals surface area contributed by atoms with Gasteiger partial charge in [0, 0.05) is 38.8 Å². The summed E-state index contributed by atoms with van der Waals surface area (Å²) in [5, 5.41) is 6.01. The van der Waals surface area contributed by atoms with Crippen molar-refractivity contribution in [2.24, 2.45) is 0 Å². The summed E-state index contributed by atoms with van der Waals surface area (Å²) >= 11 is 0. The number of amides is 1. The van der Waals surface area contributed by atoms with Crippen molar-refractivity contribution in [3.05, 3.63) is 46.7 Å². The predicted molar refractivity (Wildman–Crippen MR) is 161 cm³/mol. The van der Waals surface area contributed by atoms with Crippen molar-refractivity contribution < 1.29 is 23.4 Å². The number of methoxy groups -OCH3 is 2. The molecule has 1 aliphatic carbocycles. The number of carbonyl (C=O) groups excluding carboxylic acids is 1. The number of hydrogen-bond donors (Lipinski definition) is 2. The number of fused-ring (bicyclic) bond motifs is 1. The zero-order valence-electron chi connectivity index (χ0n) is 25.5. The first kappa shape index (κ1) is 29.7. The SMILES string of the molecule is COc1nc(NCCCN2CCN(C)CC2)nc(OC)c1NC(=O)c1ccc(Oc2cc3c(cc2C)CCC3(C)C)o1. The van der Waals surface area contributed by atoms with Gasteiger partial charge < -0.3 is 39.1 Å². The number of benzene rings is 1. The molecular formula is C31H42N6O5. The van der Waals surface area contributed by atoms with E-state index >= 15 is 0 Å². The van der Waals surface area contributed by atoms with Crippen LogP contribution >= 0.6 is 0 Å². The van der Waals surface area contributed by atoms with Gasteiger partial charge in [-0.2, -0.15) is 9.97 Å². The van der Waals surface area contributed by atoms with Crippen LogP contribution in [0.3, 0.4) is 0 Å². The standard InChI is InChI=1S/C31H42N6O5/c1-20-18-21-10-11-31(2,3)22(21)19-24(20)42-25-9-8-23(41-25)27(38)33-26-28(39-5)34-30(35-29(26)40-6)32-12-7-13-37-16-14-36(4)15-17-37/h8-9,18-19H,7,10-17H2,1-6H3,(H,33,38)(H,32,34,35). The quantitative estimate of drug-likeness (QED) is 0.310. The van der Waals surface area contributed by atoms with Gasteiger partial charge in [-0.05, 0) is 74.0 Å². The molecular weight excluding hydrogens is 536 g/mol. The molecule has 1 amide bonds. The monoisotopic (exact) mass is 578 g/mol. The molecule has 11 nitrogen and oxygen atoms in total. The fraction of sp³-hybridized carbons (Fsp3) is 0.516. The maximum Gasteiger partial charge on any atom is 0.291 e. The number of rotatable bonds is 11. The molecule has 0 saturated carbocycles. The highest BCUT2D eigenvalue weighted by Gasteiger charge is 2.31. The summed E-state index contributed by atoms with van der Waals surface area (Å²) in [6.07, 6.45) is 3.13. The number of piperazine rings is 1. The number of aromatic nitrogens is 2. The van der Waals surface area contributed by atoms with Gasteiger partial charge in [0.15, 0.2) is 11.4 Å². The highest BCUT2D eigenvalue weighted by atomic mass is 16.6. The summed E-state index contributed by atoms with van der Waals surface area (Å²) in [5.74, 6) is 1.22. The summed E-state index contributed by atoms with van der Waals surface area (Å²) in [6.45, 7) is 12.6. The van der Waals surface area contributed by atoms with E-state index in [0.717, 1.165) is 57.5 Å². The van der Waals surface area contributed by atoms with Gasteiger partial charge in [0.25, 0.3) is 11.9 Å². The van der Waals surface area contributed by atoms with E-state index in [-0.39, 0.29) is 34.6 Å². The normalized spacial score (nSPS) is 16.6. The van der Waals surface area contributed by atoms with E-state index in [1.165, 1.54) is 25.3 Å². The third kappa shape index (κ3) is 6.63. The van der Waals surface area contributed by atoms with E-state index in [2.05, 4.69) is 63.4 Å². The van der Waals surface area contributed by atoms with Crippen LogP contribution < -0.4 is 24.8 Å². The Balaban J connectivity index is 1.22. The third-order valence-electron chi connectivity index (χ3n) is 8.16. The van der Waals surface area contributed by atoms with Crippen molar-refractivity contribution in [3.8, 4) is 23.5 Å². The molecule has 0 bridgehead atoms. The van der Waals surface area contributed by atoms with Gasteiger partial charge in [0.05, 0.1) is 14.2 Å². The molecule has 2 aromatic heterocycles. The molecule has 2 aliphatic rings. The van der Waals surface area contributed by atoms with Crippen molar-refractivity contribution in [2.75, 3.05) is 71.2 Å². The number of nitrogens with zero attached hydrogens (tertiary/aromatic N) is 4. The van der Waals surface area contributed by atoms with Crippen LogP contribution in [0, 0.1) is 6.92 Å². The zero-order chi connectivity index (χ0) is 29.9. The number of anilines is 2. The number of carbonyl (C=O) groups is 1. The van der Waals surface area contributed by atoms with Gasteiger partial charge in [-0.3, -0.25) is 4.79 Å². The molecule has 1 saturated heterocycles. The fourth-order valence-electron chi connectivity index (χ4n) is 5.53. The van der Waals surface area contributed by atoms with Crippen LogP contribution in [0.5, 0.6) is 23.5 Å². The second-order valence-electron chi connectivity index (χ2n) is 11.7. The van der Waals surface area contributed by atoms with Crippen molar-refractivity contribution >= 4 is 17.5 Å². The van der Waals surface area contributed by atoms with Crippen LogP contribution in [0.2, 0.25) is 0 Å². The first-order valence-electron chi connectivity index (χ1n) is 14.5. The average molecular weight is 579 g/mol. The highest BCUT2D eigenvalue weighted by Crippen LogP contribution is 2.42. The van der Waals surface area contributed by atoms with Crippen molar-refractivity contribution in [1.29, 1.82) is 0 Å². The molecule has 11 heteroatoms. The molecule has 5 rings (SSSR count). The minimum absolute atomic E-state index is 0.0688. The van der Waals surface area contributed by atoms with Crippen molar-refractivity contribution in [1.82, 2.24) is 19.8 Å². The average Bonchev–Trinajstić information content (AvgIpc) is 3.56. The summed E-state index contributed by atoms with van der Waals surface area (Å²) in [4.78, 5) is 26.8. The summed E-state index contributed by atoms with van der Waals surface area (Å²) in [7, 11) is 5.11. The lowest BCUT2D eigenvalue weighted by Gasteiger charge is -2.32. The van der Waals surface area contributed by atoms with Crippen LogP contribution in [0.1, 0.15) is 53.9 Å². The molecule has 226 valence electrons. The fourth-order valence-corrected chi connectivity index (χ4v) is 5.53. The lowest BCUT2D eigenvalue weighted by Crippen LogP contribution is -2.44. The Labute approximate surface area is 247 Å². The minimum atomic E-state index is -0.509. The van der Waals surface area contributed by atoms with Gasteiger partial charge in [-0.25, -0.2) is 0 Å². The van der Waals surface area contributed by atoms with Crippen LogP contribution in [0.15, 0.2) is 28.7 Å². The number of furan rings is 1. The first-order valence-corrected chi connectivity index (χ1v) is 14.5. The van der Waals surface area contributed by atoms with Gasteiger partial charge in [0.2, 0.25) is 17.7 Å². The summed E-state index contributed by atoms with van der Waals surface area (Å²) < 4.78 is 22.8. The molecule has 0 radical (unpaired) electrons. The number of likely N-dealkylation sites (N-methyl/N-ethyl adjacent to an activating group) is 1. The number of ether oxygens (including phenoxy) is 3. The van der Waals surface area contributed by atoms with E-state index in [0.29, 0.717) is 18.2 Å². The predicted octanol–water partition coefficient (Wildman–Crippen LogP) is 4.71. The van der Waals surface area contributed by atoms with Gasteiger partial charge in [-0.1, -0.05) is 19.9 Å². The largest absolute Gasteiger partial charge is 0.479 e. The van der Waals surface area contributed by atoms with E-state index in [1.807, 2.05) is 6.92 Å². The molecule has 0 unspecified atom stereocenters. The molecule has 1 fully saturated rings. The second kappa shape index (κ2) is 12.6. The van der Waals surface area contributed by atoms with Crippen LogP contribution in [-0.2, 0) is 11.8 Å². The Kier molecular flexibility index (Phi) is 8.88. The zero-order valence-corrected chi connectivity index (χ0v) is 25.5. The van der Waals surface area contributed by atoms with Crippen LogP contribution in [-0.4, -0.2) is 86.2 Å². The molecule has 0 spiro atoms. The number of aryl methyl sites for hydroxylation is 2. The molecule has 3 heterocycles. The lowest BCUT2D eigenvalue weighted by atomic mass is 9.86. The van der Waals surface area contributed by atoms with Crippen molar-refractivity contribution in [3.63, 3.8) is 0 Å². The van der Waals surface area contributed by atoms with Gasteiger partial charge >= 0.3 is 0 Å².